The molecular weight excluding hydrogens is 228 g/mol. The van der Waals surface area contributed by atoms with E-state index in [1.165, 1.54) is 32.1 Å². The van der Waals surface area contributed by atoms with Gasteiger partial charge in [0, 0.05) is 19.6 Å². The summed E-state index contributed by atoms with van der Waals surface area (Å²) in [5.74, 6) is 0.827. The molecule has 18 heavy (non-hydrogen) atoms. The zero-order valence-corrected chi connectivity index (χ0v) is 11.7. The minimum Gasteiger partial charge on any atom is -0.379 e. The van der Waals surface area contributed by atoms with E-state index in [9.17, 15) is 4.79 Å². The SMILES string of the molecule is CN(CC1CCCCC1)C(=O)C1(C)COCC1N. The van der Waals surface area contributed by atoms with Crippen molar-refractivity contribution in [1.82, 2.24) is 4.90 Å². The van der Waals surface area contributed by atoms with Crippen LogP contribution in [0.25, 0.3) is 0 Å². The molecule has 2 atom stereocenters. The van der Waals surface area contributed by atoms with Crippen molar-refractivity contribution in [2.45, 2.75) is 45.1 Å². The fourth-order valence-electron chi connectivity index (χ4n) is 3.19. The van der Waals surface area contributed by atoms with Crippen molar-refractivity contribution < 1.29 is 9.53 Å². The first-order chi connectivity index (χ1) is 8.54. The number of rotatable bonds is 3. The van der Waals surface area contributed by atoms with Crippen LogP contribution < -0.4 is 5.73 Å². The van der Waals surface area contributed by atoms with Crippen LogP contribution in [-0.2, 0) is 9.53 Å². The van der Waals surface area contributed by atoms with Gasteiger partial charge in [0.1, 0.15) is 0 Å². The molecule has 4 heteroatoms. The van der Waals surface area contributed by atoms with E-state index in [4.69, 9.17) is 10.5 Å². The highest BCUT2D eigenvalue weighted by molar-refractivity contribution is 5.83. The van der Waals surface area contributed by atoms with E-state index in [-0.39, 0.29) is 11.9 Å². The number of ether oxygens (including phenoxy) is 1. The fourth-order valence-corrected chi connectivity index (χ4v) is 3.19. The molecule has 1 heterocycles. The van der Waals surface area contributed by atoms with Crippen LogP contribution in [0.2, 0.25) is 0 Å². The zero-order chi connectivity index (χ0) is 13.2. The monoisotopic (exact) mass is 254 g/mol. The third kappa shape index (κ3) is 2.69. The molecule has 1 aliphatic heterocycles. The summed E-state index contributed by atoms with van der Waals surface area (Å²) in [5.41, 5.74) is 5.49. The summed E-state index contributed by atoms with van der Waals surface area (Å²) in [5, 5.41) is 0. The Morgan fingerprint density at radius 1 is 1.39 bits per heavy atom. The fraction of sp³-hybridized carbons (Fsp3) is 0.929. The Labute approximate surface area is 110 Å². The molecule has 4 nitrogen and oxygen atoms in total. The van der Waals surface area contributed by atoms with Gasteiger partial charge in [0.05, 0.1) is 18.6 Å². The van der Waals surface area contributed by atoms with Crippen molar-refractivity contribution in [2.24, 2.45) is 17.1 Å². The van der Waals surface area contributed by atoms with Crippen LogP contribution in [0.4, 0.5) is 0 Å². The average molecular weight is 254 g/mol. The number of nitrogens with zero attached hydrogens (tertiary/aromatic N) is 1. The maximum absolute atomic E-state index is 12.5. The van der Waals surface area contributed by atoms with Crippen molar-refractivity contribution >= 4 is 5.91 Å². The number of carbonyl (C=O) groups is 1. The van der Waals surface area contributed by atoms with Crippen LogP contribution in [0, 0.1) is 11.3 Å². The molecule has 2 fully saturated rings. The summed E-state index contributed by atoms with van der Waals surface area (Å²) < 4.78 is 5.36. The molecule has 2 aliphatic rings. The van der Waals surface area contributed by atoms with Gasteiger partial charge in [-0.05, 0) is 25.7 Å². The topological polar surface area (TPSA) is 55.6 Å². The molecule has 1 aliphatic carbocycles. The molecular formula is C14H26N2O2. The van der Waals surface area contributed by atoms with Gasteiger partial charge in [-0.2, -0.15) is 0 Å². The largest absolute Gasteiger partial charge is 0.379 e. The van der Waals surface area contributed by atoms with Gasteiger partial charge >= 0.3 is 0 Å². The molecule has 0 aromatic carbocycles. The molecule has 1 saturated heterocycles. The Morgan fingerprint density at radius 3 is 2.61 bits per heavy atom. The Morgan fingerprint density at radius 2 is 2.06 bits per heavy atom. The second-order valence-electron chi connectivity index (χ2n) is 6.23. The lowest BCUT2D eigenvalue weighted by Crippen LogP contribution is -2.51. The summed E-state index contributed by atoms with van der Waals surface area (Å²) in [7, 11) is 1.91. The highest BCUT2D eigenvalue weighted by atomic mass is 16.5. The van der Waals surface area contributed by atoms with Gasteiger partial charge in [-0.1, -0.05) is 19.3 Å². The number of amides is 1. The molecule has 2 N–H and O–H groups in total. The van der Waals surface area contributed by atoms with Crippen LogP contribution in [0.1, 0.15) is 39.0 Å². The lowest BCUT2D eigenvalue weighted by molar-refractivity contribution is -0.141. The van der Waals surface area contributed by atoms with E-state index in [0.717, 1.165) is 6.54 Å². The van der Waals surface area contributed by atoms with Gasteiger partial charge in [-0.15, -0.1) is 0 Å². The molecule has 2 rings (SSSR count). The van der Waals surface area contributed by atoms with Gasteiger partial charge in [-0.3, -0.25) is 4.79 Å². The molecule has 0 radical (unpaired) electrons. The first-order valence-corrected chi connectivity index (χ1v) is 7.13. The first kappa shape index (κ1) is 13.8. The smallest absolute Gasteiger partial charge is 0.232 e. The maximum Gasteiger partial charge on any atom is 0.232 e. The molecule has 0 aromatic rings. The van der Waals surface area contributed by atoms with Crippen LogP contribution >= 0.6 is 0 Å². The molecule has 1 amide bonds. The standard InChI is InChI=1S/C14H26N2O2/c1-14(10-18-9-12(14)15)13(17)16(2)8-11-6-4-3-5-7-11/h11-12H,3-10,15H2,1-2H3. The van der Waals surface area contributed by atoms with Gasteiger partial charge in [0.15, 0.2) is 0 Å². The van der Waals surface area contributed by atoms with Gasteiger partial charge in [-0.25, -0.2) is 0 Å². The minimum atomic E-state index is -0.524. The Balaban J connectivity index is 1.91. The number of nitrogens with two attached hydrogens (primary N) is 1. The molecule has 1 saturated carbocycles. The van der Waals surface area contributed by atoms with Crippen LogP contribution in [0.15, 0.2) is 0 Å². The van der Waals surface area contributed by atoms with Crippen LogP contribution in [-0.4, -0.2) is 43.7 Å². The van der Waals surface area contributed by atoms with E-state index >= 15 is 0 Å². The summed E-state index contributed by atoms with van der Waals surface area (Å²) in [6, 6.07) is -0.168. The Hall–Kier alpha value is -0.610. The van der Waals surface area contributed by atoms with Crippen molar-refractivity contribution in [3.8, 4) is 0 Å². The van der Waals surface area contributed by atoms with Crippen molar-refractivity contribution in [1.29, 1.82) is 0 Å². The van der Waals surface area contributed by atoms with Gasteiger partial charge in [0.25, 0.3) is 0 Å². The summed E-state index contributed by atoms with van der Waals surface area (Å²) in [4.78, 5) is 14.4. The second-order valence-corrected chi connectivity index (χ2v) is 6.23. The first-order valence-electron chi connectivity index (χ1n) is 7.13. The van der Waals surface area contributed by atoms with E-state index in [2.05, 4.69) is 0 Å². The molecule has 0 aromatic heterocycles. The summed E-state index contributed by atoms with van der Waals surface area (Å²) >= 11 is 0. The summed E-state index contributed by atoms with van der Waals surface area (Å²) in [6.45, 7) is 3.77. The van der Waals surface area contributed by atoms with E-state index in [1.54, 1.807) is 0 Å². The zero-order valence-electron chi connectivity index (χ0n) is 11.7. The third-order valence-corrected chi connectivity index (χ3v) is 4.61. The third-order valence-electron chi connectivity index (χ3n) is 4.61. The lowest BCUT2D eigenvalue weighted by atomic mass is 9.83. The number of hydrogen-bond donors (Lipinski definition) is 1. The molecule has 2 unspecified atom stereocenters. The normalized spacial score (nSPS) is 33.6. The van der Waals surface area contributed by atoms with Crippen LogP contribution in [0.3, 0.4) is 0 Å². The van der Waals surface area contributed by atoms with E-state index in [1.807, 2.05) is 18.9 Å². The Bertz CT molecular complexity index is 302. The van der Waals surface area contributed by atoms with Crippen molar-refractivity contribution in [3.63, 3.8) is 0 Å². The molecule has 0 bridgehead atoms. The highest BCUT2D eigenvalue weighted by Gasteiger charge is 2.45. The van der Waals surface area contributed by atoms with Crippen LogP contribution in [0.5, 0.6) is 0 Å². The highest BCUT2D eigenvalue weighted by Crippen LogP contribution is 2.30. The van der Waals surface area contributed by atoms with Gasteiger partial charge in [0.2, 0.25) is 5.91 Å². The lowest BCUT2D eigenvalue weighted by Gasteiger charge is -2.33. The maximum atomic E-state index is 12.5. The van der Waals surface area contributed by atoms with Crippen molar-refractivity contribution in [3.05, 3.63) is 0 Å². The number of carbonyl (C=O) groups excluding carboxylic acids is 1. The predicted octanol–water partition coefficient (Wildman–Crippen LogP) is 1.39. The quantitative estimate of drug-likeness (QED) is 0.828. The van der Waals surface area contributed by atoms with E-state index in [0.29, 0.717) is 19.1 Å². The Kier molecular flexibility index (Phi) is 4.28. The average Bonchev–Trinajstić information content (AvgIpc) is 2.71. The molecule has 0 spiro atoms. The molecule has 104 valence electrons. The second kappa shape index (κ2) is 5.57. The minimum absolute atomic E-state index is 0.151. The van der Waals surface area contributed by atoms with E-state index < -0.39 is 5.41 Å². The predicted molar refractivity (Wildman–Crippen MR) is 71.1 cm³/mol. The van der Waals surface area contributed by atoms with Gasteiger partial charge < -0.3 is 15.4 Å². The number of hydrogen-bond acceptors (Lipinski definition) is 3. The van der Waals surface area contributed by atoms with Crippen molar-refractivity contribution in [2.75, 3.05) is 26.8 Å². The summed E-state index contributed by atoms with van der Waals surface area (Å²) in [6.07, 6.45) is 6.50.